The van der Waals surface area contributed by atoms with E-state index >= 15 is 0 Å². The summed E-state index contributed by atoms with van der Waals surface area (Å²) in [6.07, 6.45) is 0.916. The van der Waals surface area contributed by atoms with Gasteiger partial charge in [-0.15, -0.1) is 0 Å². The molecule has 0 saturated heterocycles. The number of ether oxygens (including phenoxy) is 2. The van der Waals surface area contributed by atoms with Gasteiger partial charge in [0.05, 0.1) is 16.7 Å². The summed E-state index contributed by atoms with van der Waals surface area (Å²) < 4.78 is 12.0. The maximum absolute atomic E-state index is 6.14. The fourth-order valence-electron chi connectivity index (χ4n) is 1.67. The van der Waals surface area contributed by atoms with Crippen molar-refractivity contribution in [3.05, 3.63) is 44.8 Å². The smallest absolute Gasteiger partial charge is 0.147 e. The van der Waals surface area contributed by atoms with E-state index in [1.807, 2.05) is 6.92 Å². The summed E-state index contributed by atoms with van der Waals surface area (Å²) in [7, 11) is 0. The van der Waals surface area contributed by atoms with Gasteiger partial charge in [-0.25, -0.2) is 0 Å². The molecule has 3 nitrogen and oxygen atoms in total. The molecule has 0 aliphatic heterocycles. The van der Waals surface area contributed by atoms with Crippen LogP contribution in [0.5, 0.6) is 17.2 Å². The molecule has 6 heteroatoms. The summed E-state index contributed by atoms with van der Waals surface area (Å²) in [5, 5.41) is 0.963. The van der Waals surface area contributed by atoms with Crippen LogP contribution in [0.3, 0.4) is 0 Å². The molecule has 0 amide bonds. The molecular weight excluding hydrogens is 377 g/mol. The van der Waals surface area contributed by atoms with E-state index in [0.29, 0.717) is 44.1 Å². The van der Waals surface area contributed by atoms with Gasteiger partial charge < -0.3 is 15.2 Å². The Labute approximate surface area is 142 Å². The zero-order valence-corrected chi connectivity index (χ0v) is 14.4. The molecular formula is C15H14BrCl2NO2. The van der Waals surface area contributed by atoms with Crippen molar-refractivity contribution in [3.63, 3.8) is 0 Å². The number of hydrogen-bond acceptors (Lipinski definition) is 3. The van der Waals surface area contributed by atoms with Gasteiger partial charge in [0, 0.05) is 34.4 Å². The zero-order valence-electron chi connectivity index (χ0n) is 11.3. The van der Waals surface area contributed by atoms with Gasteiger partial charge in [0.2, 0.25) is 0 Å². The van der Waals surface area contributed by atoms with Gasteiger partial charge in [-0.05, 0) is 28.4 Å². The minimum atomic E-state index is 0.449. The van der Waals surface area contributed by atoms with E-state index in [1.165, 1.54) is 0 Å². The van der Waals surface area contributed by atoms with E-state index in [0.717, 1.165) is 6.42 Å². The van der Waals surface area contributed by atoms with Crippen LogP contribution in [0.1, 0.15) is 13.3 Å². The summed E-state index contributed by atoms with van der Waals surface area (Å²) in [5.41, 5.74) is 6.40. The quantitative estimate of drug-likeness (QED) is 0.509. The van der Waals surface area contributed by atoms with Crippen LogP contribution in [0.2, 0.25) is 10.0 Å². The number of anilines is 1. The molecule has 0 aromatic heterocycles. The number of nitrogens with two attached hydrogens (primary N) is 1. The topological polar surface area (TPSA) is 44.5 Å². The molecule has 2 aromatic carbocycles. The Kier molecular flexibility index (Phi) is 5.62. The highest BCUT2D eigenvalue weighted by molar-refractivity contribution is 9.10. The highest BCUT2D eigenvalue weighted by Crippen LogP contribution is 2.37. The van der Waals surface area contributed by atoms with Crippen LogP contribution < -0.4 is 15.2 Å². The van der Waals surface area contributed by atoms with E-state index < -0.39 is 0 Å². The molecule has 0 heterocycles. The van der Waals surface area contributed by atoms with E-state index in [9.17, 15) is 0 Å². The molecule has 2 N–H and O–H groups in total. The number of hydrogen-bond donors (Lipinski definition) is 1. The van der Waals surface area contributed by atoms with Crippen LogP contribution in [0.4, 0.5) is 5.69 Å². The van der Waals surface area contributed by atoms with Crippen LogP contribution >= 0.6 is 39.1 Å². The normalized spacial score (nSPS) is 10.5. The highest BCUT2D eigenvalue weighted by Gasteiger charge is 2.09. The molecule has 2 rings (SSSR count). The highest BCUT2D eigenvalue weighted by atomic mass is 79.9. The van der Waals surface area contributed by atoms with Crippen molar-refractivity contribution in [2.75, 3.05) is 12.3 Å². The minimum absolute atomic E-state index is 0.449. The monoisotopic (exact) mass is 389 g/mol. The Bertz CT molecular complexity index is 650. The van der Waals surface area contributed by atoms with Gasteiger partial charge in [0.1, 0.15) is 17.2 Å². The van der Waals surface area contributed by atoms with Gasteiger partial charge in [-0.1, -0.05) is 30.1 Å². The van der Waals surface area contributed by atoms with E-state index in [4.69, 9.17) is 38.4 Å². The maximum atomic E-state index is 6.14. The number of nitrogen functional groups attached to an aromatic ring is 1. The first-order valence-electron chi connectivity index (χ1n) is 6.35. The van der Waals surface area contributed by atoms with Gasteiger partial charge in [0.25, 0.3) is 0 Å². The molecule has 0 aliphatic rings. The third-order valence-corrected chi connectivity index (χ3v) is 4.07. The Morgan fingerprint density at radius 3 is 2.48 bits per heavy atom. The molecule has 0 fully saturated rings. The Morgan fingerprint density at radius 2 is 1.76 bits per heavy atom. The predicted molar refractivity (Wildman–Crippen MR) is 90.9 cm³/mol. The molecule has 2 aromatic rings. The summed E-state index contributed by atoms with van der Waals surface area (Å²) in [5.74, 6) is 1.66. The van der Waals surface area contributed by atoms with Crippen LogP contribution in [-0.4, -0.2) is 6.61 Å². The van der Waals surface area contributed by atoms with Crippen LogP contribution in [-0.2, 0) is 0 Å². The Balaban J connectivity index is 2.27. The number of halogens is 3. The molecule has 0 bridgehead atoms. The lowest BCUT2D eigenvalue weighted by Gasteiger charge is -2.12. The van der Waals surface area contributed by atoms with Gasteiger partial charge in [0.15, 0.2) is 0 Å². The second kappa shape index (κ2) is 7.25. The molecule has 21 heavy (non-hydrogen) atoms. The van der Waals surface area contributed by atoms with Crippen molar-refractivity contribution < 1.29 is 9.47 Å². The van der Waals surface area contributed by atoms with Crippen molar-refractivity contribution in [3.8, 4) is 17.2 Å². The molecule has 0 spiro atoms. The van der Waals surface area contributed by atoms with Gasteiger partial charge in [-0.2, -0.15) is 0 Å². The largest absolute Gasteiger partial charge is 0.493 e. The second-order valence-electron chi connectivity index (χ2n) is 4.39. The molecule has 112 valence electrons. The molecule has 0 radical (unpaired) electrons. The molecule has 0 saturated carbocycles. The Hall–Kier alpha value is -1.10. The zero-order chi connectivity index (χ0) is 15.4. The lowest BCUT2D eigenvalue weighted by atomic mass is 10.3. The van der Waals surface area contributed by atoms with E-state index in [2.05, 4.69) is 15.9 Å². The SMILES string of the molecule is CCCOc1cc(N)cc(Oc2cc(Cl)c(Br)cc2Cl)c1. The lowest BCUT2D eigenvalue weighted by molar-refractivity contribution is 0.316. The van der Waals surface area contributed by atoms with Crippen molar-refractivity contribution in [1.82, 2.24) is 0 Å². The van der Waals surface area contributed by atoms with Crippen LogP contribution in [0.25, 0.3) is 0 Å². The van der Waals surface area contributed by atoms with Crippen molar-refractivity contribution in [2.24, 2.45) is 0 Å². The summed E-state index contributed by atoms with van der Waals surface area (Å²) in [6.45, 7) is 2.65. The molecule has 0 aliphatic carbocycles. The van der Waals surface area contributed by atoms with Crippen molar-refractivity contribution in [2.45, 2.75) is 13.3 Å². The third kappa shape index (κ3) is 4.43. The predicted octanol–water partition coefficient (Wildman–Crippen LogP) is 5.92. The minimum Gasteiger partial charge on any atom is -0.493 e. The first-order chi connectivity index (χ1) is 9.99. The first-order valence-corrected chi connectivity index (χ1v) is 7.90. The van der Waals surface area contributed by atoms with Gasteiger partial charge >= 0.3 is 0 Å². The number of benzene rings is 2. The molecule has 0 atom stereocenters. The first kappa shape index (κ1) is 16.3. The number of rotatable bonds is 5. The van der Waals surface area contributed by atoms with Crippen molar-refractivity contribution >= 4 is 44.8 Å². The van der Waals surface area contributed by atoms with Crippen LogP contribution in [0.15, 0.2) is 34.8 Å². The Morgan fingerprint density at radius 1 is 1.05 bits per heavy atom. The van der Waals surface area contributed by atoms with E-state index in [-0.39, 0.29) is 0 Å². The maximum Gasteiger partial charge on any atom is 0.147 e. The third-order valence-electron chi connectivity index (χ3n) is 2.58. The van der Waals surface area contributed by atoms with E-state index in [1.54, 1.807) is 30.3 Å². The lowest BCUT2D eigenvalue weighted by Crippen LogP contribution is -1.97. The molecule has 0 unspecified atom stereocenters. The fraction of sp³-hybridized carbons (Fsp3) is 0.200. The fourth-order valence-corrected chi connectivity index (χ4v) is 2.50. The summed E-state index contributed by atoms with van der Waals surface area (Å²) in [4.78, 5) is 0. The van der Waals surface area contributed by atoms with Crippen molar-refractivity contribution in [1.29, 1.82) is 0 Å². The average Bonchev–Trinajstić information content (AvgIpc) is 2.42. The van der Waals surface area contributed by atoms with Gasteiger partial charge in [-0.3, -0.25) is 0 Å². The summed E-state index contributed by atoms with van der Waals surface area (Å²) >= 11 is 15.5. The average molecular weight is 391 g/mol. The second-order valence-corrected chi connectivity index (χ2v) is 6.05. The summed E-state index contributed by atoms with van der Waals surface area (Å²) in [6, 6.07) is 8.53. The van der Waals surface area contributed by atoms with Crippen LogP contribution in [0, 0.1) is 0 Å². The standard InChI is InChI=1S/C15H14BrCl2NO2/c1-2-3-20-10-4-9(19)5-11(6-10)21-15-8-13(17)12(16)7-14(15)18/h4-8H,2-3,19H2,1H3.